The average Bonchev–Trinajstić information content (AvgIpc) is 2.78. The monoisotopic (exact) mass is 288 g/mol. The lowest BCUT2D eigenvalue weighted by molar-refractivity contribution is -0.384. The van der Waals surface area contributed by atoms with Crippen molar-refractivity contribution in [2.24, 2.45) is 0 Å². The molecule has 2 rings (SSSR count). The number of H-pyrrole nitrogens is 1. The van der Waals surface area contributed by atoms with Crippen LogP contribution in [0.4, 0.5) is 11.5 Å². The Kier molecular flexibility index (Phi) is 4.02. The van der Waals surface area contributed by atoms with Gasteiger partial charge in [-0.05, 0) is 26.3 Å². The van der Waals surface area contributed by atoms with Crippen molar-refractivity contribution in [2.45, 2.75) is 26.7 Å². The van der Waals surface area contributed by atoms with Gasteiger partial charge in [0, 0.05) is 23.4 Å². The van der Waals surface area contributed by atoms with Crippen LogP contribution in [0.1, 0.15) is 29.7 Å². The van der Waals surface area contributed by atoms with Crippen LogP contribution in [0.5, 0.6) is 0 Å². The van der Waals surface area contributed by atoms with E-state index in [2.05, 4.69) is 15.5 Å². The molecule has 1 heterocycles. The van der Waals surface area contributed by atoms with E-state index in [9.17, 15) is 14.9 Å². The molecule has 1 amide bonds. The summed E-state index contributed by atoms with van der Waals surface area (Å²) in [4.78, 5) is 22.5. The van der Waals surface area contributed by atoms with Gasteiger partial charge in [0.05, 0.1) is 10.8 Å². The molecule has 0 aliphatic heterocycles. The van der Waals surface area contributed by atoms with Crippen molar-refractivity contribution in [3.8, 4) is 0 Å². The quantitative estimate of drug-likeness (QED) is 0.667. The summed E-state index contributed by atoms with van der Waals surface area (Å²) in [7, 11) is 0. The molecule has 0 aliphatic carbocycles. The van der Waals surface area contributed by atoms with Gasteiger partial charge in [-0.1, -0.05) is 12.1 Å². The van der Waals surface area contributed by atoms with Crippen LogP contribution in [0.2, 0.25) is 0 Å². The van der Waals surface area contributed by atoms with Crippen LogP contribution in [0.25, 0.3) is 0 Å². The summed E-state index contributed by atoms with van der Waals surface area (Å²) in [5.74, 6) is -0.291. The number of hydrogen-bond donors (Lipinski definition) is 2. The van der Waals surface area contributed by atoms with Crippen LogP contribution in [-0.4, -0.2) is 21.0 Å². The van der Waals surface area contributed by atoms with Gasteiger partial charge in [-0.15, -0.1) is 0 Å². The van der Waals surface area contributed by atoms with Crippen molar-refractivity contribution in [3.05, 3.63) is 51.2 Å². The van der Waals surface area contributed by atoms with E-state index in [0.29, 0.717) is 11.4 Å². The minimum absolute atomic E-state index is 0.0288. The Bertz CT molecular complexity index is 693. The van der Waals surface area contributed by atoms with Crippen molar-refractivity contribution in [1.82, 2.24) is 10.2 Å². The van der Waals surface area contributed by atoms with E-state index in [1.54, 1.807) is 19.1 Å². The second-order valence-electron chi connectivity index (χ2n) is 4.89. The molecule has 0 spiro atoms. The SMILES string of the molecule is Cc1[nH]nc(NC(=O)C(C)c2cccc([N+](=O)[O-])c2)c1C. The Hall–Kier alpha value is -2.70. The van der Waals surface area contributed by atoms with Gasteiger partial charge in [-0.2, -0.15) is 5.10 Å². The highest BCUT2D eigenvalue weighted by molar-refractivity contribution is 5.95. The number of amides is 1. The summed E-state index contributed by atoms with van der Waals surface area (Å²) >= 11 is 0. The molecule has 2 aromatic rings. The lowest BCUT2D eigenvalue weighted by atomic mass is 10.00. The maximum atomic E-state index is 12.2. The number of nitrogens with one attached hydrogen (secondary N) is 2. The summed E-state index contributed by atoms with van der Waals surface area (Å²) < 4.78 is 0. The zero-order valence-electron chi connectivity index (χ0n) is 12.0. The molecule has 1 atom stereocenters. The van der Waals surface area contributed by atoms with Crippen molar-refractivity contribution >= 4 is 17.4 Å². The highest BCUT2D eigenvalue weighted by Crippen LogP contribution is 2.23. The second kappa shape index (κ2) is 5.74. The van der Waals surface area contributed by atoms with E-state index in [4.69, 9.17) is 0 Å². The minimum atomic E-state index is -0.513. The predicted octanol–water partition coefficient (Wildman–Crippen LogP) is 2.68. The molecule has 1 aromatic heterocycles. The van der Waals surface area contributed by atoms with Crippen LogP contribution in [0, 0.1) is 24.0 Å². The molecule has 7 heteroatoms. The number of non-ortho nitro benzene ring substituents is 1. The highest BCUT2D eigenvalue weighted by atomic mass is 16.6. The summed E-state index contributed by atoms with van der Waals surface area (Å²) in [6, 6.07) is 6.07. The molecule has 0 aliphatic rings. The van der Waals surface area contributed by atoms with Crippen LogP contribution in [-0.2, 0) is 4.79 Å². The summed E-state index contributed by atoms with van der Waals surface area (Å²) in [6.45, 7) is 5.41. The molecule has 0 radical (unpaired) electrons. The molecule has 1 unspecified atom stereocenters. The normalized spacial score (nSPS) is 12.0. The first kappa shape index (κ1) is 14.7. The van der Waals surface area contributed by atoms with Crippen LogP contribution >= 0.6 is 0 Å². The standard InChI is InChI=1S/C14H16N4O3/c1-8-10(3)16-17-13(8)15-14(19)9(2)11-5-4-6-12(7-11)18(20)21/h4-7,9H,1-3H3,(H2,15,16,17,19). The van der Waals surface area contributed by atoms with Crippen molar-refractivity contribution in [3.63, 3.8) is 0 Å². The molecule has 0 fully saturated rings. The minimum Gasteiger partial charge on any atom is -0.308 e. The molecule has 0 bridgehead atoms. The number of carbonyl (C=O) groups is 1. The zero-order valence-corrected chi connectivity index (χ0v) is 12.0. The number of nitro groups is 1. The van der Waals surface area contributed by atoms with E-state index >= 15 is 0 Å². The van der Waals surface area contributed by atoms with Crippen molar-refractivity contribution in [2.75, 3.05) is 5.32 Å². The van der Waals surface area contributed by atoms with E-state index in [1.807, 2.05) is 13.8 Å². The highest BCUT2D eigenvalue weighted by Gasteiger charge is 2.19. The number of aromatic amines is 1. The number of benzene rings is 1. The zero-order chi connectivity index (χ0) is 15.6. The molecule has 110 valence electrons. The first-order valence-electron chi connectivity index (χ1n) is 6.47. The Morgan fingerprint density at radius 2 is 2.14 bits per heavy atom. The molecule has 0 saturated carbocycles. The Balaban J connectivity index is 2.17. The molecule has 1 aromatic carbocycles. The van der Waals surface area contributed by atoms with E-state index in [-0.39, 0.29) is 11.6 Å². The predicted molar refractivity (Wildman–Crippen MR) is 78.2 cm³/mol. The molecular formula is C14H16N4O3. The van der Waals surface area contributed by atoms with Crippen LogP contribution in [0.3, 0.4) is 0 Å². The molecule has 2 N–H and O–H groups in total. The Labute approximate surface area is 121 Å². The van der Waals surface area contributed by atoms with Gasteiger partial charge in [-0.3, -0.25) is 20.0 Å². The van der Waals surface area contributed by atoms with E-state index in [0.717, 1.165) is 11.3 Å². The lowest BCUT2D eigenvalue weighted by Gasteiger charge is -2.11. The number of nitrogens with zero attached hydrogens (tertiary/aromatic N) is 2. The molecule has 0 saturated heterocycles. The number of nitro benzene ring substituents is 1. The van der Waals surface area contributed by atoms with Gasteiger partial charge in [0.25, 0.3) is 5.69 Å². The third kappa shape index (κ3) is 3.07. The van der Waals surface area contributed by atoms with Gasteiger partial charge < -0.3 is 5.32 Å². The van der Waals surface area contributed by atoms with E-state index < -0.39 is 10.8 Å². The van der Waals surface area contributed by atoms with Gasteiger partial charge >= 0.3 is 0 Å². The Morgan fingerprint density at radius 1 is 1.43 bits per heavy atom. The first-order valence-corrected chi connectivity index (χ1v) is 6.47. The van der Waals surface area contributed by atoms with Crippen molar-refractivity contribution in [1.29, 1.82) is 0 Å². The lowest BCUT2D eigenvalue weighted by Crippen LogP contribution is -2.19. The summed E-state index contributed by atoms with van der Waals surface area (Å²) in [6.07, 6.45) is 0. The molecule has 7 nitrogen and oxygen atoms in total. The number of aromatic nitrogens is 2. The fourth-order valence-corrected chi connectivity index (χ4v) is 1.89. The van der Waals surface area contributed by atoms with Gasteiger partial charge in [0.2, 0.25) is 5.91 Å². The second-order valence-corrected chi connectivity index (χ2v) is 4.89. The topological polar surface area (TPSA) is 101 Å². The van der Waals surface area contributed by atoms with E-state index in [1.165, 1.54) is 12.1 Å². The van der Waals surface area contributed by atoms with Crippen molar-refractivity contribution < 1.29 is 9.72 Å². The summed E-state index contributed by atoms with van der Waals surface area (Å²) in [5, 5.41) is 20.3. The van der Waals surface area contributed by atoms with Gasteiger partial charge in [0.1, 0.15) is 0 Å². The summed E-state index contributed by atoms with van der Waals surface area (Å²) in [5.41, 5.74) is 2.31. The largest absolute Gasteiger partial charge is 0.308 e. The van der Waals surface area contributed by atoms with Crippen LogP contribution in [0.15, 0.2) is 24.3 Å². The number of carbonyl (C=O) groups excluding carboxylic acids is 1. The average molecular weight is 288 g/mol. The fourth-order valence-electron chi connectivity index (χ4n) is 1.89. The van der Waals surface area contributed by atoms with Gasteiger partial charge in [-0.25, -0.2) is 0 Å². The first-order chi connectivity index (χ1) is 9.90. The Morgan fingerprint density at radius 3 is 2.71 bits per heavy atom. The molecular weight excluding hydrogens is 272 g/mol. The number of rotatable bonds is 4. The number of hydrogen-bond acceptors (Lipinski definition) is 4. The number of aryl methyl sites for hydroxylation is 1. The third-order valence-corrected chi connectivity index (χ3v) is 3.47. The number of anilines is 1. The fraction of sp³-hybridized carbons (Fsp3) is 0.286. The van der Waals surface area contributed by atoms with Crippen LogP contribution < -0.4 is 5.32 Å². The smallest absolute Gasteiger partial charge is 0.269 e. The third-order valence-electron chi connectivity index (χ3n) is 3.47. The van der Waals surface area contributed by atoms with Gasteiger partial charge in [0.15, 0.2) is 5.82 Å². The molecule has 21 heavy (non-hydrogen) atoms. The maximum absolute atomic E-state index is 12.2. The maximum Gasteiger partial charge on any atom is 0.269 e.